The standard InChI is InChI=1S/C17H19NO/c1-12-9-10-14(11-13(12)2)16(19)17(3,18)15-7-5-4-6-8-15/h4-11H,18H2,1-3H3. The van der Waals surface area contributed by atoms with Gasteiger partial charge in [0.05, 0.1) is 0 Å². The molecule has 0 amide bonds. The van der Waals surface area contributed by atoms with Crippen LogP contribution in [0.25, 0.3) is 0 Å². The van der Waals surface area contributed by atoms with Crippen LogP contribution in [0.5, 0.6) is 0 Å². The topological polar surface area (TPSA) is 43.1 Å². The van der Waals surface area contributed by atoms with E-state index in [1.54, 1.807) is 6.92 Å². The number of rotatable bonds is 3. The summed E-state index contributed by atoms with van der Waals surface area (Å²) in [5.41, 5.74) is 9.03. The molecule has 0 heterocycles. The molecule has 1 atom stereocenters. The summed E-state index contributed by atoms with van der Waals surface area (Å²) in [5, 5.41) is 0. The average molecular weight is 253 g/mol. The lowest BCUT2D eigenvalue weighted by atomic mass is 9.84. The van der Waals surface area contributed by atoms with Gasteiger partial charge in [0.2, 0.25) is 0 Å². The fraction of sp³-hybridized carbons (Fsp3) is 0.235. The van der Waals surface area contributed by atoms with E-state index in [1.165, 1.54) is 5.56 Å². The Hall–Kier alpha value is -1.93. The SMILES string of the molecule is Cc1ccc(C(=O)C(C)(N)c2ccccc2)cc1C. The maximum absolute atomic E-state index is 12.6. The van der Waals surface area contributed by atoms with Crippen LogP contribution >= 0.6 is 0 Å². The maximum Gasteiger partial charge on any atom is 0.186 e. The maximum atomic E-state index is 12.6. The fourth-order valence-electron chi connectivity index (χ4n) is 2.10. The van der Waals surface area contributed by atoms with Crippen molar-refractivity contribution in [2.24, 2.45) is 5.73 Å². The third kappa shape index (κ3) is 2.59. The van der Waals surface area contributed by atoms with E-state index in [-0.39, 0.29) is 5.78 Å². The number of aryl methyl sites for hydroxylation is 2. The van der Waals surface area contributed by atoms with Gasteiger partial charge in [0.1, 0.15) is 5.54 Å². The second-order valence-corrected chi connectivity index (χ2v) is 5.20. The lowest BCUT2D eigenvalue weighted by Crippen LogP contribution is -2.41. The van der Waals surface area contributed by atoms with Gasteiger partial charge in [0, 0.05) is 5.56 Å². The van der Waals surface area contributed by atoms with Gasteiger partial charge in [-0.2, -0.15) is 0 Å². The van der Waals surface area contributed by atoms with E-state index in [4.69, 9.17) is 5.73 Å². The second-order valence-electron chi connectivity index (χ2n) is 5.20. The number of ketones is 1. The van der Waals surface area contributed by atoms with Gasteiger partial charge >= 0.3 is 0 Å². The Balaban J connectivity index is 2.40. The monoisotopic (exact) mass is 253 g/mol. The molecule has 2 aromatic carbocycles. The highest BCUT2D eigenvalue weighted by molar-refractivity contribution is 6.03. The van der Waals surface area contributed by atoms with E-state index in [2.05, 4.69) is 0 Å². The molecule has 0 bridgehead atoms. The molecule has 1 unspecified atom stereocenters. The average Bonchev–Trinajstić information content (AvgIpc) is 2.42. The largest absolute Gasteiger partial charge is 0.315 e. The molecule has 2 heteroatoms. The van der Waals surface area contributed by atoms with E-state index < -0.39 is 5.54 Å². The molecule has 2 nitrogen and oxygen atoms in total. The van der Waals surface area contributed by atoms with Crippen LogP contribution in [-0.2, 0) is 5.54 Å². The molecule has 0 aliphatic heterocycles. The van der Waals surface area contributed by atoms with Crippen molar-refractivity contribution < 1.29 is 4.79 Å². The Morgan fingerprint density at radius 2 is 1.63 bits per heavy atom. The molecule has 0 aliphatic rings. The summed E-state index contributed by atoms with van der Waals surface area (Å²) in [6.07, 6.45) is 0. The number of nitrogens with two attached hydrogens (primary N) is 1. The number of Topliss-reactive ketones (excluding diaryl/α,β-unsaturated/α-hetero) is 1. The molecule has 0 aliphatic carbocycles. The Morgan fingerprint density at radius 1 is 1.00 bits per heavy atom. The van der Waals surface area contributed by atoms with Crippen LogP contribution in [0.15, 0.2) is 48.5 Å². The zero-order chi connectivity index (χ0) is 14.0. The summed E-state index contributed by atoms with van der Waals surface area (Å²) in [5.74, 6) is -0.0539. The highest BCUT2D eigenvalue weighted by Gasteiger charge is 2.31. The first-order chi connectivity index (χ1) is 8.93. The number of carbonyl (C=O) groups excluding carboxylic acids is 1. The summed E-state index contributed by atoms with van der Waals surface area (Å²) in [6, 6.07) is 15.2. The first kappa shape index (κ1) is 13.5. The summed E-state index contributed by atoms with van der Waals surface area (Å²) in [7, 11) is 0. The molecule has 0 fully saturated rings. The number of hydrogen-bond acceptors (Lipinski definition) is 2. The van der Waals surface area contributed by atoms with Gasteiger partial charge in [-0.05, 0) is 43.5 Å². The van der Waals surface area contributed by atoms with Gasteiger partial charge in [0.15, 0.2) is 5.78 Å². The van der Waals surface area contributed by atoms with Crippen molar-refractivity contribution in [2.75, 3.05) is 0 Å². The molecule has 0 aromatic heterocycles. The summed E-state index contributed by atoms with van der Waals surface area (Å²) < 4.78 is 0. The third-order valence-corrected chi connectivity index (χ3v) is 3.61. The van der Waals surface area contributed by atoms with Crippen LogP contribution < -0.4 is 5.73 Å². The van der Waals surface area contributed by atoms with Gasteiger partial charge in [-0.15, -0.1) is 0 Å². The van der Waals surface area contributed by atoms with Crippen molar-refractivity contribution in [3.8, 4) is 0 Å². The minimum Gasteiger partial charge on any atom is -0.315 e. The van der Waals surface area contributed by atoms with Crippen molar-refractivity contribution in [3.63, 3.8) is 0 Å². The van der Waals surface area contributed by atoms with Crippen LogP contribution in [0.2, 0.25) is 0 Å². The molecule has 0 spiro atoms. The minimum atomic E-state index is -0.997. The predicted molar refractivity (Wildman–Crippen MR) is 78.2 cm³/mol. The quantitative estimate of drug-likeness (QED) is 0.852. The van der Waals surface area contributed by atoms with Gasteiger partial charge in [0.25, 0.3) is 0 Å². The van der Waals surface area contributed by atoms with Crippen molar-refractivity contribution in [2.45, 2.75) is 26.3 Å². The predicted octanol–water partition coefficient (Wildman–Crippen LogP) is 3.36. The van der Waals surface area contributed by atoms with Crippen LogP contribution in [-0.4, -0.2) is 5.78 Å². The number of carbonyl (C=O) groups is 1. The fourth-order valence-corrected chi connectivity index (χ4v) is 2.10. The molecule has 0 saturated heterocycles. The minimum absolute atomic E-state index is 0.0539. The van der Waals surface area contributed by atoms with E-state index >= 15 is 0 Å². The Kier molecular flexibility index (Phi) is 3.54. The summed E-state index contributed by atoms with van der Waals surface area (Å²) in [6.45, 7) is 5.80. The summed E-state index contributed by atoms with van der Waals surface area (Å²) in [4.78, 5) is 12.6. The zero-order valence-corrected chi connectivity index (χ0v) is 11.6. The van der Waals surface area contributed by atoms with Crippen molar-refractivity contribution in [3.05, 3.63) is 70.8 Å². The molecule has 0 saturated carbocycles. The van der Waals surface area contributed by atoms with Crippen LogP contribution in [0.4, 0.5) is 0 Å². The van der Waals surface area contributed by atoms with Gasteiger partial charge in [-0.25, -0.2) is 0 Å². The van der Waals surface area contributed by atoms with Gasteiger partial charge in [-0.1, -0.05) is 42.5 Å². The Bertz CT molecular complexity index is 600. The lowest BCUT2D eigenvalue weighted by molar-refractivity contribution is 0.0900. The van der Waals surface area contributed by atoms with E-state index in [9.17, 15) is 4.79 Å². The van der Waals surface area contributed by atoms with Gasteiger partial charge < -0.3 is 5.73 Å². The van der Waals surface area contributed by atoms with Crippen molar-refractivity contribution >= 4 is 5.78 Å². The molecule has 2 N–H and O–H groups in total. The lowest BCUT2D eigenvalue weighted by Gasteiger charge is -2.24. The molecule has 98 valence electrons. The van der Waals surface area contributed by atoms with Crippen molar-refractivity contribution in [1.29, 1.82) is 0 Å². The van der Waals surface area contributed by atoms with Crippen LogP contribution in [0.1, 0.15) is 34.0 Å². The second kappa shape index (κ2) is 4.98. The number of hydrogen-bond donors (Lipinski definition) is 1. The molecule has 2 rings (SSSR count). The normalized spacial score (nSPS) is 13.9. The number of benzene rings is 2. The van der Waals surface area contributed by atoms with Gasteiger partial charge in [-0.3, -0.25) is 4.79 Å². The molecular weight excluding hydrogens is 234 g/mol. The van der Waals surface area contributed by atoms with E-state index in [1.807, 2.05) is 62.4 Å². The molecule has 2 aromatic rings. The highest BCUT2D eigenvalue weighted by Crippen LogP contribution is 2.23. The first-order valence-corrected chi connectivity index (χ1v) is 6.39. The third-order valence-electron chi connectivity index (χ3n) is 3.61. The van der Waals surface area contributed by atoms with E-state index in [0.29, 0.717) is 5.56 Å². The van der Waals surface area contributed by atoms with Crippen LogP contribution in [0, 0.1) is 13.8 Å². The first-order valence-electron chi connectivity index (χ1n) is 6.39. The zero-order valence-electron chi connectivity index (χ0n) is 11.6. The Morgan fingerprint density at radius 3 is 2.21 bits per heavy atom. The van der Waals surface area contributed by atoms with Crippen molar-refractivity contribution in [1.82, 2.24) is 0 Å². The molecular formula is C17H19NO. The van der Waals surface area contributed by atoms with Crippen LogP contribution in [0.3, 0.4) is 0 Å². The molecule has 0 radical (unpaired) electrons. The smallest absolute Gasteiger partial charge is 0.186 e. The Labute approximate surface area is 114 Å². The highest BCUT2D eigenvalue weighted by atomic mass is 16.1. The van der Waals surface area contributed by atoms with E-state index in [0.717, 1.165) is 11.1 Å². The molecule has 19 heavy (non-hydrogen) atoms. The summed E-state index contributed by atoms with van der Waals surface area (Å²) >= 11 is 0.